The van der Waals surface area contributed by atoms with Crippen molar-refractivity contribution in [3.05, 3.63) is 34.9 Å². The topological polar surface area (TPSA) is 0 Å². The van der Waals surface area contributed by atoms with Gasteiger partial charge in [-0.25, -0.2) is 0 Å². The van der Waals surface area contributed by atoms with Crippen LogP contribution in [0.25, 0.3) is 0 Å². The summed E-state index contributed by atoms with van der Waals surface area (Å²) in [7, 11) is 0. The van der Waals surface area contributed by atoms with Crippen molar-refractivity contribution in [1.82, 2.24) is 0 Å². The van der Waals surface area contributed by atoms with Crippen molar-refractivity contribution in [2.24, 2.45) is 0 Å². The first kappa shape index (κ1) is 11.8. The molecule has 0 saturated carbocycles. The summed E-state index contributed by atoms with van der Waals surface area (Å²) < 4.78 is 0. The molecule has 1 heteroatoms. The first-order valence-electron chi connectivity index (χ1n) is 5.20. The minimum Gasteiger partial charge on any atom is -0.114 e. The zero-order chi connectivity index (χ0) is 9.47. The number of halogens is 1. The SMILES string of the molecule is Br.Cc1ccc2c(c1)CCCC2(C)C. The van der Waals surface area contributed by atoms with E-state index < -0.39 is 0 Å². The van der Waals surface area contributed by atoms with Gasteiger partial charge in [0.05, 0.1) is 0 Å². The second kappa shape index (κ2) is 4.06. The Morgan fingerprint density at radius 2 is 1.93 bits per heavy atom. The van der Waals surface area contributed by atoms with E-state index in [-0.39, 0.29) is 17.0 Å². The molecule has 0 spiro atoms. The smallest absolute Gasteiger partial charge is 0.0101 e. The molecule has 1 aromatic carbocycles. The van der Waals surface area contributed by atoms with Crippen molar-refractivity contribution in [2.75, 3.05) is 0 Å². The molecule has 0 amide bonds. The summed E-state index contributed by atoms with van der Waals surface area (Å²) in [5.74, 6) is 0. The number of fused-ring (bicyclic) bond motifs is 1. The van der Waals surface area contributed by atoms with E-state index in [1.165, 1.54) is 24.8 Å². The Bertz CT molecular complexity index is 326. The lowest BCUT2D eigenvalue weighted by Crippen LogP contribution is -2.23. The van der Waals surface area contributed by atoms with Crippen LogP contribution in [0.5, 0.6) is 0 Å². The Labute approximate surface area is 97.5 Å². The maximum Gasteiger partial charge on any atom is -0.0101 e. The monoisotopic (exact) mass is 254 g/mol. The summed E-state index contributed by atoms with van der Waals surface area (Å²) >= 11 is 0. The molecule has 78 valence electrons. The number of hydrogen-bond donors (Lipinski definition) is 0. The number of hydrogen-bond acceptors (Lipinski definition) is 0. The predicted molar refractivity (Wildman–Crippen MR) is 67.5 cm³/mol. The van der Waals surface area contributed by atoms with Crippen LogP contribution in [0, 0.1) is 6.92 Å². The van der Waals surface area contributed by atoms with E-state index in [0.717, 1.165) is 0 Å². The maximum absolute atomic E-state index is 2.36. The highest BCUT2D eigenvalue weighted by Crippen LogP contribution is 2.36. The summed E-state index contributed by atoms with van der Waals surface area (Å²) in [6, 6.07) is 6.92. The van der Waals surface area contributed by atoms with Gasteiger partial charge in [0.1, 0.15) is 0 Å². The molecule has 0 bridgehead atoms. The first-order valence-corrected chi connectivity index (χ1v) is 5.20. The molecule has 14 heavy (non-hydrogen) atoms. The van der Waals surface area contributed by atoms with E-state index in [0.29, 0.717) is 5.41 Å². The minimum atomic E-state index is 0. The van der Waals surface area contributed by atoms with Gasteiger partial charge in [0.15, 0.2) is 0 Å². The van der Waals surface area contributed by atoms with E-state index >= 15 is 0 Å². The molecule has 0 atom stereocenters. The molecule has 0 fully saturated rings. The summed E-state index contributed by atoms with van der Waals surface area (Å²) in [6.07, 6.45) is 3.97. The van der Waals surface area contributed by atoms with Gasteiger partial charge < -0.3 is 0 Å². The summed E-state index contributed by atoms with van der Waals surface area (Å²) in [6.45, 7) is 6.91. The molecule has 2 rings (SSSR count). The van der Waals surface area contributed by atoms with Gasteiger partial charge in [-0.05, 0) is 42.7 Å². The number of aryl methyl sites for hydroxylation is 2. The van der Waals surface area contributed by atoms with Crippen LogP contribution in [0.4, 0.5) is 0 Å². The molecular formula is C13H19Br. The summed E-state index contributed by atoms with van der Waals surface area (Å²) in [4.78, 5) is 0. The van der Waals surface area contributed by atoms with Crippen molar-refractivity contribution in [1.29, 1.82) is 0 Å². The van der Waals surface area contributed by atoms with Crippen LogP contribution in [0.3, 0.4) is 0 Å². The molecule has 0 unspecified atom stereocenters. The van der Waals surface area contributed by atoms with Crippen LogP contribution in [0.2, 0.25) is 0 Å². The van der Waals surface area contributed by atoms with Crippen LogP contribution >= 0.6 is 17.0 Å². The fourth-order valence-electron chi connectivity index (χ4n) is 2.45. The molecule has 0 aliphatic heterocycles. The summed E-state index contributed by atoms with van der Waals surface area (Å²) in [5, 5.41) is 0. The van der Waals surface area contributed by atoms with Crippen molar-refractivity contribution in [2.45, 2.75) is 45.4 Å². The third kappa shape index (κ3) is 2.03. The van der Waals surface area contributed by atoms with E-state index in [1.807, 2.05) is 0 Å². The van der Waals surface area contributed by atoms with Crippen LogP contribution < -0.4 is 0 Å². The summed E-state index contributed by atoms with van der Waals surface area (Å²) in [5.41, 5.74) is 4.96. The molecule has 1 aliphatic carbocycles. The minimum absolute atomic E-state index is 0. The Hall–Kier alpha value is -0.300. The van der Waals surface area contributed by atoms with Gasteiger partial charge in [-0.1, -0.05) is 37.6 Å². The maximum atomic E-state index is 2.36. The molecule has 0 saturated heterocycles. The fraction of sp³-hybridized carbons (Fsp3) is 0.538. The highest BCUT2D eigenvalue weighted by molar-refractivity contribution is 8.93. The van der Waals surface area contributed by atoms with Gasteiger partial charge in [-0.15, -0.1) is 17.0 Å². The average molecular weight is 255 g/mol. The number of benzene rings is 1. The van der Waals surface area contributed by atoms with Gasteiger partial charge in [0.2, 0.25) is 0 Å². The second-order valence-electron chi connectivity index (χ2n) is 4.90. The Morgan fingerprint density at radius 3 is 2.64 bits per heavy atom. The van der Waals surface area contributed by atoms with Crippen LogP contribution in [0.15, 0.2) is 18.2 Å². The standard InChI is InChI=1S/C13H18.BrH/c1-10-6-7-12-11(9-10)5-4-8-13(12,2)3;/h6-7,9H,4-5,8H2,1-3H3;1H. The van der Waals surface area contributed by atoms with Crippen LogP contribution in [-0.4, -0.2) is 0 Å². The second-order valence-corrected chi connectivity index (χ2v) is 4.90. The molecule has 1 aliphatic rings. The third-order valence-electron chi connectivity index (χ3n) is 3.24. The van der Waals surface area contributed by atoms with Gasteiger partial charge in [-0.2, -0.15) is 0 Å². The normalized spacial score (nSPS) is 18.2. The molecule has 0 aromatic heterocycles. The number of rotatable bonds is 0. The lowest BCUT2D eigenvalue weighted by Gasteiger charge is -2.32. The molecule has 0 heterocycles. The Balaban J connectivity index is 0.000000980. The van der Waals surface area contributed by atoms with Crippen molar-refractivity contribution in [3.63, 3.8) is 0 Å². The zero-order valence-corrected chi connectivity index (χ0v) is 11.0. The van der Waals surface area contributed by atoms with Gasteiger partial charge >= 0.3 is 0 Å². The molecular weight excluding hydrogens is 236 g/mol. The van der Waals surface area contributed by atoms with E-state index in [9.17, 15) is 0 Å². The van der Waals surface area contributed by atoms with E-state index in [1.54, 1.807) is 11.1 Å². The largest absolute Gasteiger partial charge is 0.114 e. The van der Waals surface area contributed by atoms with E-state index in [2.05, 4.69) is 39.0 Å². The average Bonchev–Trinajstić information content (AvgIpc) is 2.02. The van der Waals surface area contributed by atoms with Crippen molar-refractivity contribution < 1.29 is 0 Å². The first-order chi connectivity index (χ1) is 6.09. The lowest BCUT2D eigenvalue weighted by atomic mass is 9.72. The van der Waals surface area contributed by atoms with Gasteiger partial charge in [0.25, 0.3) is 0 Å². The van der Waals surface area contributed by atoms with E-state index in [4.69, 9.17) is 0 Å². The Morgan fingerprint density at radius 1 is 1.21 bits per heavy atom. The van der Waals surface area contributed by atoms with Crippen LogP contribution in [-0.2, 0) is 11.8 Å². The molecule has 1 aromatic rings. The van der Waals surface area contributed by atoms with Crippen LogP contribution in [0.1, 0.15) is 43.4 Å². The molecule has 0 N–H and O–H groups in total. The lowest BCUT2D eigenvalue weighted by molar-refractivity contribution is 0.432. The predicted octanol–water partition coefficient (Wildman–Crippen LogP) is 4.19. The van der Waals surface area contributed by atoms with Crippen molar-refractivity contribution >= 4 is 17.0 Å². The van der Waals surface area contributed by atoms with Gasteiger partial charge in [-0.3, -0.25) is 0 Å². The molecule has 0 radical (unpaired) electrons. The van der Waals surface area contributed by atoms with Crippen molar-refractivity contribution in [3.8, 4) is 0 Å². The highest BCUT2D eigenvalue weighted by atomic mass is 79.9. The fourth-order valence-corrected chi connectivity index (χ4v) is 2.45. The highest BCUT2D eigenvalue weighted by Gasteiger charge is 2.26. The zero-order valence-electron chi connectivity index (χ0n) is 9.26. The van der Waals surface area contributed by atoms with Gasteiger partial charge in [0, 0.05) is 0 Å². The molecule has 0 nitrogen and oxygen atoms in total. The quantitative estimate of drug-likeness (QED) is 0.652. The Kier molecular flexibility index (Phi) is 3.41. The third-order valence-corrected chi connectivity index (χ3v) is 3.24.